The first kappa shape index (κ1) is 24.3. The van der Waals surface area contributed by atoms with Gasteiger partial charge in [0.2, 0.25) is 5.91 Å². The van der Waals surface area contributed by atoms with Gasteiger partial charge in [-0.15, -0.1) is 0 Å². The Bertz CT molecular complexity index is 1110. The Labute approximate surface area is 206 Å². The van der Waals surface area contributed by atoms with Crippen LogP contribution in [0.5, 0.6) is 0 Å². The van der Waals surface area contributed by atoms with Crippen LogP contribution >= 0.6 is 0 Å². The first-order valence-corrected chi connectivity index (χ1v) is 12.0. The van der Waals surface area contributed by atoms with Crippen molar-refractivity contribution < 1.29 is 14.3 Å². The predicted octanol–water partition coefficient (Wildman–Crippen LogP) is 3.93. The van der Waals surface area contributed by atoms with E-state index >= 15 is 0 Å². The molecule has 0 aromatic heterocycles. The summed E-state index contributed by atoms with van der Waals surface area (Å²) in [5.74, 6) is -0.348. The van der Waals surface area contributed by atoms with Crippen molar-refractivity contribution in [1.29, 1.82) is 0 Å². The van der Waals surface area contributed by atoms with Gasteiger partial charge in [0.1, 0.15) is 6.04 Å². The predicted molar refractivity (Wildman–Crippen MR) is 140 cm³/mol. The molecule has 0 spiro atoms. The molecule has 2 amide bonds. The zero-order chi connectivity index (χ0) is 24.5. The summed E-state index contributed by atoms with van der Waals surface area (Å²) in [5.41, 5.74) is 4.14. The van der Waals surface area contributed by atoms with Crippen molar-refractivity contribution in [3.63, 3.8) is 0 Å². The average Bonchev–Trinajstić information content (AvgIpc) is 2.90. The summed E-state index contributed by atoms with van der Waals surface area (Å²) >= 11 is 0. The van der Waals surface area contributed by atoms with Crippen LogP contribution in [0.25, 0.3) is 0 Å². The van der Waals surface area contributed by atoms with E-state index in [-0.39, 0.29) is 11.8 Å². The van der Waals surface area contributed by atoms with Gasteiger partial charge in [-0.25, -0.2) is 0 Å². The van der Waals surface area contributed by atoms with E-state index in [2.05, 4.69) is 20.9 Å². The molecular weight excluding hydrogens is 440 g/mol. The van der Waals surface area contributed by atoms with Crippen LogP contribution in [0.2, 0.25) is 0 Å². The van der Waals surface area contributed by atoms with Gasteiger partial charge in [-0.2, -0.15) is 0 Å². The smallest absolute Gasteiger partial charge is 0.253 e. The number of morpholine rings is 1. The minimum Gasteiger partial charge on any atom is -0.378 e. The topological polar surface area (TPSA) is 82.7 Å². The first-order chi connectivity index (χ1) is 17.1. The van der Waals surface area contributed by atoms with Crippen LogP contribution in [0.1, 0.15) is 22.8 Å². The molecule has 0 aliphatic carbocycles. The number of para-hydroxylation sites is 1. The number of carbonyl (C=O) groups excluding carboxylic acids is 2. The van der Waals surface area contributed by atoms with Crippen molar-refractivity contribution in [2.75, 3.05) is 48.4 Å². The van der Waals surface area contributed by atoms with Crippen LogP contribution in [-0.2, 0) is 16.0 Å². The zero-order valence-electron chi connectivity index (χ0n) is 20.0. The number of anilines is 3. The number of hydrogen-bond donors (Lipinski definition) is 3. The molecule has 0 saturated carbocycles. The fourth-order valence-electron chi connectivity index (χ4n) is 3.99. The van der Waals surface area contributed by atoms with E-state index in [0.717, 1.165) is 44.1 Å². The van der Waals surface area contributed by atoms with E-state index in [1.165, 1.54) is 5.56 Å². The van der Waals surface area contributed by atoms with Crippen LogP contribution in [0.4, 0.5) is 17.1 Å². The van der Waals surface area contributed by atoms with Crippen molar-refractivity contribution in [1.82, 2.24) is 5.32 Å². The number of amides is 2. The number of rotatable bonds is 9. The monoisotopic (exact) mass is 472 g/mol. The minimum absolute atomic E-state index is 0.171. The second-order valence-electron chi connectivity index (χ2n) is 8.54. The normalized spacial score (nSPS) is 14.1. The van der Waals surface area contributed by atoms with Gasteiger partial charge in [0.25, 0.3) is 5.91 Å². The third-order valence-corrected chi connectivity index (χ3v) is 5.99. The molecular formula is C28H32N4O3. The lowest BCUT2D eigenvalue weighted by Crippen LogP contribution is -2.36. The minimum atomic E-state index is -0.535. The zero-order valence-corrected chi connectivity index (χ0v) is 20.0. The van der Waals surface area contributed by atoms with Crippen molar-refractivity contribution in [2.24, 2.45) is 0 Å². The van der Waals surface area contributed by atoms with E-state index in [4.69, 9.17) is 4.74 Å². The van der Waals surface area contributed by atoms with Crippen molar-refractivity contribution in [2.45, 2.75) is 19.4 Å². The lowest BCUT2D eigenvalue weighted by atomic mass is 10.1. The van der Waals surface area contributed by atoms with E-state index in [9.17, 15) is 9.59 Å². The Hall–Kier alpha value is -3.84. The first-order valence-electron chi connectivity index (χ1n) is 12.0. The van der Waals surface area contributed by atoms with Crippen molar-refractivity contribution in [3.05, 3.63) is 90.0 Å². The van der Waals surface area contributed by atoms with Crippen molar-refractivity contribution >= 4 is 28.9 Å². The Kier molecular flexibility index (Phi) is 8.35. The molecule has 1 heterocycles. The van der Waals surface area contributed by atoms with Gasteiger partial charge in [-0.3, -0.25) is 9.59 Å². The van der Waals surface area contributed by atoms with Crippen LogP contribution in [0.3, 0.4) is 0 Å². The average molecular weight is 473 g/mol. The number of nitrogens with zero attached hydrogens (tertiary/aromatic N) is 1. The highest BCUT2D eigenvalue weighted by Crippen LogP contribution is 2.20. The third kappa shape index (κ3) is 6.83. The van der Waals surface area contributed by atoms with Gasteiger partial charge in [0.05, 0.1) is 18.8 Å². The summed E-state index contributed by atoms with van der Waals surface area (Å²) in [6.45, 7) is 5.51. The van der Waals surface area contributed by atoms with E-state index in [0.29, 0.717) is 17.8 Å². The summed E-state index contributed by atoms with van der Waals surface area (Å²) < 4.78 is 5.40. The summed E-state index contributed by atoms with van der Waals surface area (Å²) in [6.07, 6.45) is 0.755. The Morgan fingerprint density at radius 1 is 0.914 bits per heavy atom. The number of nitrogens with one attached hydrogen (secondary N) is 3. The third-order valence-electron chi connectivity index (χ3n) is 5.99. The molecule has 7 heteroatoms. The molecule has 7 nitrogen and oxygen atoms in total. The maximum Gasteiger partial charge on any atom is 0.253 e. The number of hydrogen-bond acceptors (Lipinski definition) is 5. The van der Waals surface area contributed by atoms with Gasteiger partial charge < -0.3 is 25.6 Å². The SMILES string of the molecule is C[C@H](Nc1ccccc1C(=O)NCCc1ccccc1)C(=O)Nc1ccc(N2CCOCC2)cc1. The highest BCUT2D eigenvalue weighted by molar-refractivity contribution is 6.01. The fraction of sp³-hybridized carbons (Fsp3) is 0.286. The second-order valence-corrected chi connectivity index (χ2v) is 8.54. The number of carbonyl (C=O) groups is 2. The standard InChI is InChI=1S/C28H32N4O3/c1-21(27(33)31-23-11-13-24(14-12-23)32-17-19-35-20-18-32)30-26-10-6-5-9-25(26)28(34)29-16-15-22-7-3-2-4-8-22/h2-14,21,30H,15-20H2,1H3,(H,29,34)(H,31,33)/t21-/m0/s1. The lowest BCUT2D eigenvalue weighted by molar-refractivity contribution is -0.116. The molecule has 1 aliphatic heterocycles. The van der Waals surface area contributed by atoms with Gasteiger partial charge in [0, 0.05) is 36.7 Å². The molecule has 4 rings (SSSR count). The molecule has 1 atom stereocenters. The molecule has 3 aromatic carbocycles. The molecule has 1 saturated heterocycles. The molecule has 1 aliphatic rings. The van der Waals surface area contributed by atoms with Crippen LogP contribution < -0.4 is 20.9 Å². The maximum atomic E-state index is 12.8. The quantitative estimate of drug-likeness (QED) is 0.440. The van der Waals surface area contributed by atoms with Gasteiger partial charge in [-0.05, 0) is 55.3 Å². The molecule has 0 radical (unpaired) electrons. The Morgan fingerprint density at radius 2 is 1.60 bits per heavy atom. The van der Waals surface area contributed by atoms with Crippen LogP contribution in [-0.4, -0.2) is 50.7 Å². The molecule has 3 aromatic rings. The highest BCUT2D eigenvalue weighted by atomic mass is 16.5. The van der Waals surface area contributed by atoms with Crippen molar-refractivity contribution in [3.8, 4) is 0 Å². The maximum absolute atomic E-state index is 12.8. The van der Waals surface area contributed by atoms with Gasteiger partial charge in [-0.1, -0.05) is 42.5 Å². The van der Waals surface area contributed by atoms with Crippen LogP contribution in [0, 0.1) is 0 Å². The fourth-order valence-corrected chi connectivity index (χ4v) is 3.99. The molecule has 182 valence electrons. The van der Waals surface area contributed by atoms with E-state index < -0.39 is 6.04 Å². The number of benzene rings is 3. The Balaban J connectivity index is 1.31. The second kappa shape index (κ2) is 12.0. The number of ether oxygens (including phenoxy) is 1. The lowest BCUT2D eigenvalue weighted by Gasteiger charge is -2.29. The summed E-state index contributed by atoms with van der Waals surface area (Å²) in [6, 6.07) is 24.6. The van der Waals surface area contributed by atoms with Gasteiger partial charge in [0.15, 0.2) is 0 Å². The Morgan fingerprint density at radius 3 is 2.34 bits per heavy atom. The summed E-state index contributed by atoms with van der Waals surface area (Å²) in [7, 11) is 0. The molecule has 3 N–H and O–H groups in total. The van der Waals surface area contributed by atoms with E-state index in [1.54, 1.807) is 13.0 Å². The molecule has 0 unspecified atom stereocenters. The molecule has 0 bridgehead atoms. The van der Waals surface area contributed by atoms with E-state index in [1.807, 2.05) is 72.8 Å². The highest BCUT2D eigenvalue weighted by Gasteiger charge is 2.17. The molecule has 35 heavy (non-hydrogen) atoms. The van der Waals surface area contributed by atoms with Gasteiger partial charge >= 0.3 is 0 Å². The van der Waals surface area contributed by atoms with Crippen LogP contribution in [0.15, 0.2) is 78.9 Å². The summed E-state index contributed by atoms with van der Waals surface area (Å²) in [5, 5.41) is 9.11. The summed E-state index contributed by atoms with van der Waals surface area (Å²) in [4.78, 5) is 27.9. The largest absolute Gasteiger partial charge is 0.378 e. The molecule has 1 fully saturated rings.